The average Bonchev–Trinajstić information content (AvgIpc) is 3.52. The summed E-state index contributed by atoms with van der Waals surface area (Å²) >= 11 is 0. The minimum absolute atomic E-state index is 0.190. The lowest BCUT2D eigenvalue weighted by Gasteiger charge is -2.31. The summed E-state index contributed by atoms with van der Waals surface area (Å²) in [5.41, 5.74) is 14.5. The Morgan fingerprint density at radius 1 is 0.500 bits per heavy atom. The van der Waals surface area contributed by atoms with E-state index < -0.39 is 5.41 Å². The number of aromatic nitrogens is 3. The number of fused-ring (bicyclic) bond motifs is 11. The maximum absolute atomic E-state index is 10.6. The van der Waals surface area contributed by atoms with Crippen LogP contribution in [0.15, 0.2) is 134 Å². The molecule has 2 heterocycles. The highest BCUT2D eigenvalue weighted by Crippen LogP contribution is 2.63. The van der Waals surface area contributed by atoms with Crippen molar-refractivity contribution in [1.29, 1.82) is 0 Å². The number of rotatable bonds is 2. The Labute approximate surface area is 242 Å². The zero-order valence-electron chi connectivity index (χ0n) is 22.5. The largest absolute Gasteiger partial charge is 0.506 e. The molecule has 5 aromatic carbocycles. The van der Waals surface area contributed by atoms with Crippen molar-refractivity contribution in [3.8, 4) is 50.3 Å². The molecule has 4 nitrogen and oxygen atoms in total. The predicted molar refractivity (Wildman–Crippen MR) is 166 cm³/mol. The van der Waals surface area contributed by atoms with Gasteiger partial charge in [0.2, 0.25) is 0 Å². The quantitative estimate of drug-likeness (QED) is 0.241. The van der Waals surface area contributed by atoms with Gasteiger partial charge in [0.15, 0.2) is 0 Å². The molecule has 2 aliphatic rings. The molecule has 1 atom stereocenters. The van der Waals surface area contributed by atoms with Crippen molar-refractivity contribution in [2.75, 3.05) is 0 Å². The lowest BCUT2D eigenvalue weighted by molar-refractivity contribution is 0.480. The van der Waals surface area contributed by atoms with E-state index in [1.165, 1.54) is 44.5 Å². The second-order valence-electron chi connectivity index (χ2n) is 11.0. The Kier molecular flexibility index (Phi) is 4.65. The Balaban J connectivity index is 1.39. The first-order valence-electron chi connectivity index (χ1n) is 14.1. The van der Waals surface area contributed by atoms with Gasteiger partial charge in [0, 0.05) is 29.5 Å². The van der Waals surface area contributed by atoms with Crippen LogP contribution in [0.1, 0.15) is 22.3 Å². The van der Waals surface area contributed by atoms with Crippen LogP contribution in [0.2, 0.25) is 0 Å². The van der Waals surface area contributed by atoms with Crippen molar-refractivity contribution in [3.05, 3.63) is 156 Å². The van der Waals surface area contributed by atoms with Crippen LogP contribution >= 0.6 is 0 Å². The number of nitrogens with zero attached hydrogens (tertiary/aromatic N) is 3. The standard InChI is InChI=1S/C38H23N3O/c42-36-16-15-26(31-8-5-17-41-37(31)36)24-12-14-30-28-7-2-4-10-33(28)38(35(30)19-24)32-9-3-1-6-27(32)29-13-11-23(18-34(29)38)25-20-39-22-40-21-25/h1-22,42H. The van der Waals surface area contributed by atoms with Gasteiger partial charge in [-0.1, -0.05) is 78.9 Å². The molecular formula is C38H23N3O. The van der Waals surface area contributed by atoms with E-state index in [2.05, 4.69) is 99.9 Å². The molecule has 0 saturated carbocycles. The second kappa shape index (κ2) is 8.45. The van der Waals surface area contributed by atoms with Crippen LogP contribution in [0.5, 0.6) is 5.75 Å². The molecule has 1 unspecified atom stereocenters. The number of hydrogen-bond donors (Lipinski definition) is 1. The van der Waals surface area contributed by atoms with Gasteiger partial charge in [0.05, 0.1) is 5.41 Å². The number of pyridine rings is 1. The summed E-state index contributed by atoms with van der Waals surface area (Å²) in [7, 11) is 0. The highest BCUT2D eigenvalue weighted by Gasteiger charge is 2.51. The Morgan fingerprint density at radius 2 is 1.10 bits per heavy atom. The molecule has 0 aliphatic heterocycles. The minimum atomic E-state index is -0.482. The Morgan fingerprint density at radius 3 is 1.81 bits per heavy atom. The summed E-state index contributed by atoms with van der Waals surface area (Å²) in [5, 5.41) is 11.5. The van der Waals surface area contributed by atoms with Crippen LogP contribution in [0.25, 0.3) is 55.4 Å². The summed E-state index contributed by atoms with van der Waals surface area (Å²) in [5.74, 6) is 0.190. The van der Waals surface area contributed by atoms with Crippen LogP contribution in [-0.2, 0) is 5.41 Å². The van der Waals surface area contributed by atoms with Gasteiger partial charge in [-0.2, -0.15) is 0 Å². The first-order chi connectivity index (χ1) is 20.7. The Hall–Kier alpha value is -5.61. The molecule has 196 valence electrons. The third-order valence-corrected chi connectivity index (χ3v) is 9.04. The summed E-state index contributed by atoms with van der Waals surface area (Å²) in [6, 6.07) is 39.0. The molecule has 0 radical (unpaired) electrons. The van der Waals surface area contributed by atoms with Gasteiger partial charge < -0.3 is 5.11 Å². The summed E-state index contributed by atoms with van der Waals surface area (Å²) in [6.45, 7) is 0. The van der Waals surface area contributed by atoms with Crippen molar-refractivity contribution in [1.82, 2.24) is 15.0 Å². The summed E-state index contributed by atoms with van der Waals surface area (Å²) in [4.78, 5) is 13.1. The third kappa shape index (κ3) is 2.93. The van der Waals surface area contributed by atoms with Crippen LogP contribution in [-0.4, -0.2) is 20.1 Å². The predicted octanol–water partition coefficient (Wildman–Crippen LogP) is 8.41. The van der Waals surface area contributed by atoms with E-state index in [4.69, 9.17) is 0 Å². The molecular weight excluding hydrogens is 514 g/mol. The molecule has 0 amide bonds. The van der Waals surface area contributed by atoms with E-state index in [1.807, 2.05) is 30.6 Å². The fourth-order valence-electron chi connectivity index (χ4n) is 7.34. The molecule has 9 rings (SSSR count). The molecule has 0 fully saturated rings. The van der Waals surface area contributed by atoms with Gasteiger partial charge in [-0.25, -0.2) is 9.97 Å². The molecule has 0 saturated heterocycles. The molecule has 2 aromatic heterocycles. The number of aromatic hydroxyl groups is 1. The zero-order valence-corrected chi connectivity index (χ0v) is 22.5. The van der Waals surface area contributed by atoms with Crippen LogP contribution in [0.3, 0.4) is 0 Å². The molecule has 1 N–H and O–H groups in total. The first-order valence-corrected chi connectivity index (χ1v) is 14.1. The van der Waals surface area contributed by atoms with E-state index in [-0.39, 0.29) is 5.75 Å². The lowest BCUT2D eigenvalue weighted by Crippen LogP contribution is -2.26. The first kappa shape index (κ1) is 23.1. The smallest absolute Gasteiger partial charge is 0.141 e. The molecule has 4 heteroatoms. The Bertz CT molecular complexity index is 2210. The lowest BCUT2D eigenvalue weighted by atomic mass is 9.70. The molecule has 0 bridgehead atoms. The number of phenols is 1. The van der Waals surface area contributed by atoms with E-state index >= 15 is 0 Å². The summed E-state index contributed by atoms with van der Waals surface area (Å²) < 4.78 is 0. The van der Waals surface area contributed by atoms with Crippen molar-refractivity contribution < 1.29 is 5.11 Å². The van der Waals surface area contributed by atoms with Crippen LogP contribution in [0.4, 0.5) is 0 Å². The van der Waals surface area contributed by atoms with Crippen LogP contribution in [0, 0.1) is 0 Å². The molecule has 2 aliphatic carbocycles. The van der Waals surface area contributed by atoms with Gasteiger partial charge in [-0.05, 0) is 91.5 Å². The normalized spacial score (nSPS) is 15.8. The summed E-state index contributed by atoms with van der Waals surface area (Å²) in [6.07, 6.45) is 7.05. The second-order valence-corrected chi connectivity index (χ2v) is 11.0. The highest BCUT2D eigenvalue weighted by molar-refractivity contribution is 6.00. The van der Waals surface area contributed by atoms with E-state index in [1.54, 1.807) is 18.6 Å². The molecule has 42 heavy (non-hydrogen) atoms. The van der Waals surface area contributed by atoms with Crippen LogP contribution < -0.4 is 0 Å². The number of phenolic OH excluding ortho intramolecular Hbond substituents is 1. The average molecular weight is 538 g/mol. The van der Waals surface area contributed by atoms with Crippen molar-refractivity contribution >= 4 is 10.9 Å². The fraction of sp³-hybridized carbons (Fsp3) is 0.0263. The van der Waals surface area contributed by atoms with Crippen molar-refractivity contribution in [2.45, 2.75) is 5.41 Å². The highest BCUT2D eigenvalue weighted by atomic mass is 16.3. The zero-order chi connectivity index (χ0) is 27.8. The molecule has 7 aromatic rings. The van der Waals surface area contributed by atoms with E-state index in [0.29, 0.717) is 5.52 Å². The number of benzene rings is 5. The third-order valence-electron chi connectivity index (χ3n) is 9.04. The van der Waals surface area contributed by atoms with E-state index in [0.717, 1.165) is 27.6 Å². The fourth-order valence-corrected chi connectivity index (χ4v) is 7.34. The topological polar surface area (TPSA) is 58.9 Å². The van der Waals surface area contributed by atoms with Crippen molar-refractivity contribution in [2.24, 2.45) is 0 Å². The minimum Gasteiger partial charge on any atom is -0.506 e. The monoisotopic (exact) mass is 537 g/mol. The maximum atomic E-state index is 10.6. The van der Waals surface area contributed by atoms with Gasteiger partial charge in [0.1, 0.15) is 17.6 Å². The van der Waals surface area contributed by atoms with E-state index in [9.17, 15) is 5.11 Å². The molecule has 1 spiro atoms. The maximum Gasteiger partial charge on any atom is 0.141 e. The van der Waals surface area contributed by atoms with Gasteiger partial charge >= 0.3 is 0 Å². The van der Waals surface area contributed by atoms with Crippen molar-refractivity contribution in [3.63, 3.8) is 0 Å². The number of hydrogen-bond acceptors (Lipinski definition) is 4. The van der Waals surface area contributed by atoms with Gasteiger partial charge in [-0.15, -0.1) is 0 Å². The van der Waals surface area contributed by atoms with Gasteiger partial charge in [0.25, 0.3) is 0 Å². The van der Waals surface area contributed by atoms with Gasteiger partial charge in [-0.3, -0.25) is 4.98 Å². The SMILES string of the molecule is Oc1ccc(-c2ccc3c(c2)C2(c4ccccc4-c4ccc(-c5cncnc5)cc42)c2ccccc2-3)c2cccnc12.